The van der Waals surface area contributed by atoms with E-state index in [1.807, 2.05) is 30.0 Å². The van der Waals surface area contributed by atoms with Crippen molar-refractivity contribution >= 4 is 12.2 Å². The van der Waals surface area contributed by atoms with Crippen molar-refractivity contribution in [2.45, 2.75) is 32.6 Å². The number of hydrogen-bond donors (Lipinski definition) is 0. The average molecular weight is 332 g/mol. The Balaban J connectivity index is 1.50. The number of nitrogens with zero attached hydrogens (tertiary/aromatic N) is 2. The van der Waals surface area contributed by atoms with E-state index in [4.69, 9.17) is 9.15 Å². The lowest BCUT2D eigenvalue weighted by Gasteiger charge is -2.39. The van der Waals surface area contributed by atoms with Crippen LogP contribution in [0.5, 0.6) is 0 Å². The van der Waals surface area contributed by atoms with E-state index < -0.39 is 0 Å². The summed E-state index contributed by atoms with van der Waals surface area (Å²) in [7, 11) is 0. The second-order valence-corrected chi connectivity index (χ2v) is 7.04. The molecule has 132 valence electrons. The molecule has 1 atom stereocenters. The second-order valence-electron chi connectivity index (χ2n) is 7.04. The maximum atomic E-state index is 12.1. The zero-order valence-corrected chi connectivity index (χ0v) is 14.6. The van der Waals surface area contributed by atoms with Crippen molar-refractivity contribution < 1.29 is 13.9 Å². The number of furan rings is 1. The fourth-order valence-electron chi connectivity index (χ4n) is 3.87. The van der Waals surface area contributed by atoms with Crippen LogP contribution < -0.4 is 0 Å². The van der Waals surface area contributed by atoms with Gasteiger partial charge in [-0.25, -0.2) is 4.79 Å². The van der Waals surface area contributed by atoms with Gasteiger partial charge in [0.1, 0.15) is 5.76 Å². The van der Waals surface area contributed by atoms with Crippen molar-refractivity contribution in [3.05, 3.63) is 30.2 Å². The molecule has 3 rings (SSSR count). The molecule has 0 aromatic carbocycles. The smallest absolute Gasteiger partial charge is 0.409 e. The summed E-state index contributed by atoms with van der Waals surface area (Å²) < 4.78 is 10.6. The van der Waals surface area contributed by atoms with Gasteiger partial charge in [0.05, 0.1) is 12.9 Å². The van der Waals surface area contributed by atoms with Gasteiger partial charge in [-0.3, -0.25) is 4.90 Å². The molecule has 0 bridgehead atoms. The number of rotatable bonds is 5. The number of ether oxygens (including phenoxy) is 1. The minimum Gasteiger partial charge on any atom is -0.465 e. The lowest BCUT2D eigenvalue weighted by atomic mass is 9.79. The summed E-state index contributed by atoms with van der Waals surface area (Å²) in [6, 6.07) is 3.87. The average Bonchev–Trinajstić information content (AvgIpc) is 3.23. The van der Waals surface area contributed by atoms with Gasteiger partial charge in [-0.1, -0.05) is 13.0 Å². The van der Waals surface area contributed by atoms with Crippen LogP contribution in [0, 0.1) is 5.41 Å². The fourth-order valence-corrected chi connectivity index (χ4v) is 3.87. The minimum absolute atomic E-state index is 0.136. The first-order valence-electron chi connectivity index (χ1n) is 9.05. The minimum atomic E-state index is -0.136. The van der Waals surface area contributed by atoms with Crippen LogP contribution in [0.25, 0.3) is 6.08 Å². The molecule has 1 amide bonds. The van der Waals surface area contributed by atoms with Crippen molar-refractivity contribution in [2.24, 2.45) is 5.41 Å². The predicted molar refractivity (Wildman–Crippen MR) is 93.7 cm³/mol. The Morgan fingerprint density at radius 2 is 2.29 bits per heavy atom. The van der Waals surface area contributed by atoms with Gasteiger partial charge in [-0.15, -0.1) is 0 Å². The quantitative estimate of drug-likeness (QED) is 0.826. The number of carbonyl (C=O) groups excluding carboxylic acids is 1. The Bertz CT molecular complexity index is 555. The predicted octanol–water partition coefficient (Wildman–Crippen LogP) is 3.63. The van der Waals surface area contributed by atoms with Gasteiger partial charge >= 0.3 is 6.09 Å². The molecule has 1 aromatic heterocycles. The number of piperidine rings is 1. The van der Waals surface area contributed by atoms with E-state index in [0.29, 0.717) is 6.61 Å². The van der Waals surface area contributed by atoms with E-state index >= 15 is 0 Å². The summed E-state index contributed by atoms with van der Waals surface area (Å²) >= 11 is 0. The van der Waals surface area contributed by atoms with E-state index in [1.54, 1.807) is 6.26 Å². The summed E-state index contributed by atoms with van der Waals surface area (Å²) in [4.78, 5) is 16.5. The van der Waals surface area contributed by atoms with E-state index in [0.717, 1.165) is 51.3 Å². The first-order valence-corrected chi connectivity index (χ1v) is 9.05. The fraction of sp³-hybridized carbons (Fsp3) is 0.632. The van der Waals surface area contributed by atoms with Gasteiger partial charge in [0.25, 0.3) is 0 Å². The van der Waals surface area contributed by atoms with Crippen LogP contribution in [0.3, 0.4) is 0 Å². The van der Waals surface area contributed by atoms with Gasteiger partial charge in [0.2, 0.25) is 0 Å². The van der Waals surface area contributed by atoms with Crippen LogP contribution in [0.4, 0.5) is 4.79 Å². The van der Waals surface area contributed by atoms with Crippen LogP contribution >= 0.6 is 0 Å². The highest BCUT2D eigenvalue weighted by molar-refractivity contribution is 5.68. The standard InChI is InChI=1S/C19H28N2O3/c1-2-13-24-18(22)21-12-9-19(16-21)8-5-11-20(15-19)10-3-6-17-7-4-14-23-17/h3-4,6-7,14H,2,5,8-13,15-16H2,1H3/b6-3+/t19-/m0/s1. The van der Waals surface area contributed by atoms with Gasteiger partial charge in [0.15, 0.2) is 0 Å². The van der Waals surface area contributed by atoms with E-state index in [2.05, 4.69) is 11.0 Å². The lowest BCUT2D eigenvalue weighted by Crippen LogP contribution is -2.45. The highest BCUT2D eigenvalue weighted by Crippen LogP contribution is 2.39. The maximum Gasteiger partial charge on any atom is 0.409 e. The van der Waals surface area contributed by atoms with Gasteiger partial charge < -0.3 is 14.1 Å². The highest BCUT2D eigenvalue weighted by Gasteiger charge is 2.42. The molecule has 3 heterocycles. The van der Waals surface area contributed by atoms with Crippen LogP contribution in [0.1, 0.15) is 38.4 Å². The molecule has 0 radical (unpaired) electrons. The normalized spacial score (nSPS) is 25.0. The highest BCUT2D eigenvalue weighted by atomic mass is 16.6. The largest absolute Gasteiger partial charge is 0.465 e. The molecular formula is C19H28N2O3. The molecule has 2 saturated heterocycles. The van der Waals surface area contributed by atoms with E-state index in [1.165, 1.54) is 12.8 Å². The Morgan fingerprint density at radius 1 is 1.38 bits per heavy atom. The Kier molecular flexibility index (Phi) is 5.61. The third kappa shape index (κ3) is 4.20. The number of amides is 1. The van der Waals surface area contributed by atoms with Gasteiger partial charge in [-0.2, -0.15) is 0 Å². The first kappa shape index (κ1) is 17.1. The summed E-state index contributed by atoms with van der Waals surface area (Å²) in [6.45, 7) is 7.34. The maximum absolute atomic E-state index is 12.1. The molecule has 5 heteroatoms. The topological polar surface area (TPSA) is 45.9 Å². The zero-order chi connectivity index (χ0) is 16.8. The SMILES string of the molecule is CCCOC(=O)N1CC[C@]2(CCCN(C/C=C/c3ccco3)C2)C1. The molecule has 5 nitrogen and oxygen atoms in total. The van der Waals surface area contributed by atoms with Crippen molar-refractivity contribution in [2.75, 3.05) is 39.3 Å². The third-order valence-electron chi connectivity index (χ3n) is 5.06. The summed E-state index contributed by atoms with van der Waals surface area (Å²) in [5, 5.41) is 0. The second kappa shape index (κ2) is 7.88. The number of likely N-dealkylation sites (tertiary alicyclic amines) is 2. The molecule has 2 fully saturated rings. The molecule has 0 unspecified atom stereocenters. The summed E-state index contributed by atoms with van der Waals surface area (Å²) in [6.07, 6.45) is 10.1. The van der Waals surface area contributed by atoms with E-state index in [9.17, 15) is 4.79 Å². The molecule has 2 aliphatic heterocycles. The third-order valence-corrected chi connectivity index (χ3v) is 5.06. The Labute approximate surface area is 144 Å². The molecular weight excluding hydrogens is 304 g/mol. The van der Waals surface area contributed by atoms with Crippen LogP contribution in [0.15, 0.2) is 28.9 Å². The van der Waals surface area contributed by atoms with Crippen molar-refractivity contribution in [1.29, 1.82) is 0 Å². The van der Waals surface area contributed by atoms with E-state index in [-0.39, 0.29) is 11.5 Å². The van der Waals surface area contributed by atoms with Crippen LogP contribution in [-0.2, 0) is 4.74 Å². The number of carbonyl (C=O) groups is 1. The molecule has 24 heavy (non-hydrogen) atoms. The molecule has 0 aliphatic carbocycles. The molecule has 1 spiro atoms. The summed E-state index contributed by atoms with van der Waals surface area (Å²) in [5.74, 6) is 0.896. The van der Waals surface area contributed by atoms with Crippen LogP contribution in [-0.4, -0.2) is 55.2 Å². The molecule has 0 saturated carbocycles. The summed E-state index contributed by atoms with van der Waals surface area (Å²) in [5.41, 5.74) is 0.252. The lowest BCUT2D eigenvalue weighted by molar-refractivity contribution is 0.0845. The molecule has 1 aromatic rings. The van der Waals surface area contributed by atoms with Crippen molar-refractivity contribution in [3.63, 3.8) is 0 Å². The Hall–Kier alpha value is -1.75. The monoisotopic (exact) mass is 332 g/mol. The van der Waals surface area contributed by atoms with Crippen LogP contribution in [0.2, 0.25) is 0 Å². The molecule has 2 aliphatic rings. The molecule has 0 N–H and O–H groups in total. The Morgan fingerprint density at radius 3 is 3.08 bits per heavy atom. The zero-order valence-electron chi connectivity index (χ0n) is 14.6. The van der Waals surface area contributed by atoms with Gasteiger partial charge in [0, 0.05) is 31.6 Å². The first-order chi connectivity index (χ1) is 11.7. The number of hydrogen-bond acceptors (Lipinski definition) is 4. The van der Waals surface area contributed by atoms with Gasteiger partial charge in [-0.05, 0) is 50.4 Å². The van der Waals surface area contributed by atoms with Crippen molar-refractivity contribution in [1.82, 2.24) is 9.80 Å². The van der Waals surface area contributed by atoms with Crippen molar-refractivity contribution in [3.8, 4) is 0 Å².